The van der Waals surface area contributed by atoms with Crippen LogP contribution in [-0.2, 0) is 19.5 Å². The molecule has 2 heterocycles. The predicted molar refractivity (Wildman–Crippen MR) is 105 cm³/mol. The molecule has 0 fully saturated rings. The number of aryl methyl sites for hydroxylation is 1. The third-order valence-electron chi connectivity index (χ3n) is 4.75. The van der Waals surface area contributed by atoms with Gasteiger partial charge in [0, 0.05) is 25.7 Å². The van der Waals surface area contributed by atoms with E-state index in [-0.39, 0.29) is 6.03 Å². The lowest BCUT2D eigenvalue weighted by Gasteiger charge is -2.22. The molecule has 2 aromatic carbocycles. The lowest BCUT2D eigenvalue weighted by Crippen LogP contribution is -2.30. The fraction of sp³-hybridized carbons (Fsp3) is 0.250. The van der Waals surface area contributed by atoms with Crippen LogP contribution in [0, 0.1) is 0 Å². The van der Waals surface area contributed by atoms with Gasteiger partial charge in [-0.15, -0.1) is 10.2 Å². The molecule has 0 saturated carbocycles. The molecule has 1 aliphatic rings. The molecule has 0 radical (unpaired) electrons. The Hall–Kier alpha value is -3.35. The molecule has 7 nitrogen and oxygen atoms in total. The second-order valence-electron chi connectivity index (χ2n) is 6.51. The number of para-hydroxylation sites is 3. The van der Waals surface area contributed by atoms with Crippen molar-refractivity contribution in [2.24, 2.45) is 0 Å². The normalized spacial score (nSPS) is 12.5. The van der Waals surface area contributed by atoms with E-state index in [1.165, 1.54) is 0 Å². The SMILES string of the molecule is CN(c1ccccc1)c1ccccc1NC(=O)NCc1nnc2n1CCC2. The summed E-state index contributed by atoms with van der Waals surface area (Å²) in [6.45, 7) is 1.28. The lowest BCUT2D eigenvalue weighted by atomic mass is 10.2. The molecule has 27 heavy (non-hydrogen) atoms. The number of amides is 2. The zero-order valence-electron chi connectivity index (χ0n) is 15.2. The van der Waals surface area contributed by atoms with E-state index in [4.69, 9.17) is 0 Å². The molecule has 0 saturated heterocycles. The van der Waals surface area contributed by atoms with Crippen molar-refractivity contribution in [3.8, 4) is 0 Å². The second kappa shape index (κ2) is 7.49. The van der Waals surface area contributed by atoms with E-state index in [1.54, 1.807) is 0 Å². The van der Waals surface area contributed by atoms with E-state index < -0.39 is 0 Å². The highest BCUT2D eigenvalue weighted by Crippen LogP contribution is 2.30. The number of carbonyl (C=O) groups is 1. The molecule has 0 spiro atoms. The average Bonchev–Trinajstić information content (AvgIpc) is 3.31. The number of hydrogen-bond donors (Lipinski definition) is 2. The van der Waals surface area contributed by atoms with Gasteiger partial charge in [-0.1, -0.05) is 30.3 Å². The summed E-state index contributed by atoms with van der Waals surface area (Å²) >= 11 is 0. The number of hydrogen-bond acceptors (Lipinski definition) is 4. The smallest absolute Gasteiger partial charge is 0.319 e. The van der Waals surface area contributed by atoms with Gasteiger partial charge in [-0.25, -0.2) is 4.79 Å². The Kier molecular flexibility index (Phi) is 4.74. The summed E-state index contributed by atoms with van der Waals surface area (Å²) in [5.74, 6) is 1.80. The fourth-order valence-corrected chi connectivity index (χ4v) is 3.33. The van der Waals surface area contributed by atoms with Gasteiger partial charge in [0.15, 0.2) is 5.82 Å². The van der Waals surface area contributed by atoms with Gasteiger partial charge in [0.25, 0.3) is 0 Å². The van der Waals surface area contributed by atoms with Crippen LogP contribution in [0.25, 0.3) is 0 Å². The van der Waals surface area contributed by atoms with Gasteiger partial charge < -0.3 is 20.1 Å². The molecule has 0 bridgehead atoms. The first-order valence-corrected chi connectivity index (χ1v) is 9.06. The Labute approximate surface area is 158 Å². The standard InChI is InChI=1S/C20H22N6O/c1-25(15-8-3-2-4-9-15)17-11-6-5-10-16(17)22-20(27)21-14-19-24-23-18-12-7-13-26(18)19/h2-6,8-11H,7,12-14H2,1H3,(H2,21,22,27). The number of benzene rings is 2. The third kappa shape index (κ3) is 3.62. The molecule has 2 amide bonds. The lowest BCUT2D eigenvalue weighted by molar-refractivity contribution is 0.251. The molecule has 0 aliphatic carbocycles. The molecule has 1 aromatic heterocycles. The molecule has 4 rings (SSSR count). The maximum atomic E-state index is 12.4. The van der Waals surface area contributed by atoms with Crippen LogP contribution in [0.5, 0.6) is 0 Å². The second-order valence-corrected chi connectivity index (χ2v) is 6.51. The average molecular weight is 362 g/mol. The number of nitrogens with one attached hydrogen (secondary N) is 2. The number of anilines is 3. The zero-order chi connectivity index (χ0) is 18.6. The number of fused-ring (bicyclic) bond motifs is 1. The number of carbonyl (C=O) groups excluding carboxylic acids is 1. The monoisotopic (exact) mass is 362 g/mol. The molecule has 1 aliphatic heterocycles. The van der Waals surface area contributed by atoms with Gasteiger partial charge in [-0.05, 0) is 30.7 Å². The van der Waals surface area contributed by atoms with Crippen molar-refractivity contribution in [1.29, 1.82) is 0 Å². The van der Waals surface area contributed by atoms with Gasteiger partial charge in [0.1, 0.15) is 5.82 Å². The van der Waals surface area contributed by atoms with Crippen molar-refractivity contribution in [2.75, 3.05) is 17.3 Å². The Morgan fingerprint density at radius 2 is 1.89 bits per heavy atom. The van der Waals surface area contributed by atoms with Crippen molar-refractivity contribution in [3.63, 3.8) is 0 Å². The van der Waals surface area contributed by atoms with Crippen LogP contribution >= 0.6 is 0 Å². The maximum Gasteiger partial charge on any atom is 0.319 e. The van der Waals surface area contributed by atoms with E-state index >= 15 is 0 Å². The summed E-state index contributed by atoms with van der Waals surface area (Å²) in [4.78, 5) is 14.5. The largest absolute Gasteiger partial charge is 0.343 e. The summed E-state index contributed by atoms with van der Waals surface area (Å²) in [5, 5.41) is 14.1. The van der Waals surface area contributed by atoms with Crippen LogP contribution in [0.2, 0.25) is 0 Å². The zero-order valence-corrected chi connectivity index (χ0v) is 15.2. The Bertz CT molecular complexity index is 937. The Morgan fingerprint density at radius 1 is 1.11 bits per heavy atom. The van der Waals surface area contributed by atoms with Crippen LogP contribution < -0.4 is 15.5 Å². The van der Waals surface area contributed by atoms with E-state index in [0.29, 0.717) is 6.54 Å². The van der Waals surface area contributed by atoms with Crippen LogP contribution in [0.1, 0.15) is 18.1 Å². The fourth-order valence-electron chi connectivity index (χ4n) is 3.33. The minimum Gasteiger partial charge on any atom is -0.343 e. The number of aromatic nitrogens is 3. The highest BCUT2D eigenvalue weighted by Gasteiger charge is 2.18. The molecule has 2 N–H and O–H groups in total. The molecule has 7 heteroatoms. The summed E-state index contributed by atoms with van der Waals surface area (Å²) in [6, 6.07) is 17.5. The van der Waals surface area contributed by atoms with E-state index in [1.807, 2.05) is 66.5 Å². The first-order valence-electron chi connectivity index (χ1n) is 9.06. The maximum absolute atomic E-state index is 12.4. The Morgan fingerprint density at radius 3 is 2.74 bits per heavy atom. The van der Waals surface area contributed by atoms with Crippen LogP contribution in [0.4, 0.5) is 21.9 Å². The van der Waals surface area contributed by atoms with Gasteiger partial charge in [0.05, 0.1) is 17.9 Å². The third-order valence-corrected chi connectivity index (χ3v) is 4.75. The van der Waals surface area contributed by atoms with Crippen LogP contribution in [0.15, 0.2) is 54.6 Å². The van der Waals surface area contributed by atoms with Gasteiger partial charge >= 0.3 is 6.03 Å². The first kappa shape index (κ1) is 17.1. The molecular formula is C20H22N6O. The minimum absolute atomic E-state index is 0.265. The van der Waals surface area contributed by atoms with Crippen molar-refractivity contribution in [1.82, 2.24) is 20.1 Å². The molecule has 138 valence electrons. The van der Waals surface area contributed by atoms with E-state index in [0.717, 1.165) is 48.1 Å². The van der Waals surface area contributed by atoms with Crippen molar-refractivity contribution in [2.45, 2.75) is 25.9 Å². The van der Waals surface area contributed by atoms with E-state index in [9.17, 15) is 4.79 Å². The van der Waals surface area contributed by atoms with Gasteiger partial charge in [-0.3, -0.25) is 0 Å². The van der Waals surface area contributed by atoms with Gasteiger partial charge in [-0.2, -0.15) is 0 Å². The molecule has 0 atom stereocenters. The number of urea groups is 1. The Balaban J connectivity index is 1.44. The van der Waals surface area contributed by atoms with Crippen LogP contribution in [0.3, 0.4) is 0 Å². The topological polar surface area (TPSA) is 75.1 Å². The molecule has 3 aromatic rings. The first-order chi connectivity index (χ1) is 13.2. The number of nitrogens with zero attached hydrogens (tertiary/aromatic N) is 4. The predicted octanol–water partition coefficient (Wildman–Crippen LogP) is 3.31. The molecule has 0 unspecified atom stereocenters. The molecular weight excluding hydrogens is 340 g/mol. The minimum atomic E-state index is -0.265. The summed E-state index contributed by atoms with van der Waals surface area (Å²) in [7, 11) is 1.98. The van der Waals surface area contributed by atoms with Crippen LogP contribution in [-0.4, -0.2) is 27.8 Å². The highest BCUT2D eigenvalue weighted by molar-refractivity contribution is 5.94. The van der Waals surface area contributed by atoms with Crippen molar-refractivity contribution < 1.29 is 4.79 Å². The van der Waals surface area contributed by atoms with Crippen molar-refractivity contribution >= 4 is 23.1 Å². The van der Waals surface area contributed by atoms with Gasteiger partial charge in [0.2, 0.25) is 0 Å². The quantitative estimate of drug-likeness (QED) is 0.730. The summed E-state index contributed by atoms with van der Waals surface area (Å²) < 4.78 is 2.08. The van der Waals surface area contributed by atoms with Crippen molar-refractivity contribution in [3.05, 3.63) is 66.2 Å². The summed E-state index contributed by atoms with van der Waals surface area (Å²) in [6.07, 6.45) is 2.04. The summed E-state index contributed by atoms with van der Waals surface area (Å²) in [5.41, 5.74) is 2.71. The van der Waals surface area contributed by atoms with E-state index in [2.05, 4.69) is 25.4 Å². The highest BCUT2D eigenvalue weighted by atomic mass is 16.2. The number of rotatable bonds is 5.